The number of nitrogens with one attached hydrogen (secondary N) is 2. The Morgan fingerprint density at radius 1 is 1.02 bits per heavy atom. The summed E-state index contributed by atoms with van der Waals surface area (Å²) in [5.74, 6) is 2.63. The zero-order valence-electron chi connectivity index (χ0n) is 26.5. The number of rotatable bonds is 10. The first-order valence-corrected chi connectivity index (χ1v) is 15.4. The number of amides is 1. The third-order valence-corrected chi connectivity index (χ3v) is 8.92. The molecule has 3 N–H and O–H groups in total. The fourth-order valence-corrected chi connectivity index (χ4v) is 6.29. The molecular weight excluding hydrogens is 635 g/mol. The Balaban J connectivity index is 0.00000240. The molecule has 13 heteroatoms. The molecule has 0 radical (unpaired) electrons. The Kier molecular flexibility index (Phi) is 12.3. The number of likely N-dealkylation sites (tertiary alicyclic amines) is 2. The van der Waals surface area contributed by atoms with Gasteiger partial charge in [0.2, 0.25) is 5.88 Å². The first-order chi connectivity index (χ1) is 21.4. The Morgan fingerprint density at radius 2 is 1.78 bits per heavy atom. The average Bonchev–Trinajstić information content (AvgIpc) is 3.64. The fraction of sp³-hybridized carbons (Fsp3) is 0.485. The molecule has 4 aromatic rings. The molecule has 2 saturated heterocycles. The number of benzene rings is 2. The van der Waals surface area contributed by atoms with Crippen molar-refractivity contribution >= 4 is 52.8 Å². The summed E-state index contributed by atoms with van der Waals surface area (Å²) in [4.78, 5) is 20.8. The number of piperidine rings is 2. The van der Waals surface area contributed by atoms with Gasteiger partial charge >= 0.3 is 6.09 Å². The van der Waals surface area contributed by atoms with Crippen LogP contribution in [-0.2, 0) is 6.61 Å². The van der Waals surface area contributed by atoms with E-state index < -0.39 is 6.09 Å². The lowest BCUT2D eigenvalue weighted by atomic mass is 9.97. The molecule has 2 aliphatic rings. The molecular formula is C33H44Cl2N4O7. The van der Waals surface area contributed by atoms with Gasteiger partial charge in [0.15, 0.2) is 0 Å². The highest BCUT2D eigenvalue weighted by Gasteiger charge is 2.26. The third kappa shape index (κ3) is 8.13. The van der Waals surface area contributed by atoms with Crippen LogP contribution in [0.3, 0.4) is 0 Å². The molecule has 0 bridgehead atoms. The van der Waals surface area contributed by atoms with Crippen molar-refractivity contribution in [3.63, 3.8) is 0 Å². The normalized spacial score (nSPS) is 19.3. The van der Waals surface area contributed by atoms with Crippen molar-refractivity contribution in [1.82, 2.24) is 20.1 Å². The number of carbonyl (C=O) groups is 1. The highest BCUT2D eigenvalue weighted by molar-refractivity contribution is 5.90. The van der Waals surface area contributed by atoms with Crippen molar-refractivity contribution in [3.8, 4) is 23.1 Å². The number of hydrogen-bond acceptors (Lipinski definition) is 9. The number of aromatic nitrogens is 1. The van der Waals surface area contributed by atoms with E-state index in [1.807, 2.05) is 30.3 Å². The summed E-state index contributed by atoms with van der Waals surface area (Å²) in [6.45, 7) is 8.21. The van der Waals surface area contributed by atoms with Gasteiger partial charge in [-0.3, -0.25) is 0 Å². The topological polar surface area (TPSA) is 122 Å². The highest BCUT2D eigenvalue weighted by Crippen LogP contribution is 2.36. The van der Waals surface area contributed by atoms with E-state index in [4.69, 9.17) is 23.4 Å². The lowest BCUT2D eigenvalue weighted by Gasteiger charge is -2.37. The van der Waals surface area contributed by atoms with Crippen molar-refractivity contribution in [2.24, 2.45) is 5.92 Å². The van der Waals surface area contributed by atoms with Crippen molar-refractivity contribution in [2.45, 2.75) is 44.9 Å². The van der Waals surface area contributed by atoms with Gasteiger partial charge in [-0.1, -0.05) is 13.0 Å². The molecule has 6 rings (SSSR count). The van der Waals surface area contributed by atoms with E-state index in [0.717, 1.165) is 80.4 Å². The van der Waals surface area contributed by atoms with E-state index in [9.17, 15) is 9.90 Å². The summed E-state index contributed by atoms with van der Waals surface area (Å²) in [6.07, 6.45) is 3.65. The largest absolute Gasteiger partial charge is 0.496 e. The molecule has 0 saturated carbocycles. The number of aromatic amines is 1. The van der Waals surface area contributed by atoms with E-state index >= 15 is 0 Å². The van der Waals surface area contributed by atoms with Crippen LogP contribution >= 0.6 is 24.8 Å². The Bertz CT molecular complexity index is 1590. The van der Waals surface area contributed by atoms with Crippen molar-refractivity contribution in [2.75, 3.05) is 53.5 Å². The number of ether oxygens (including phenoxy) is 4. The number of halogens is 2. The lowest BCUT2D eigenvalue weighted by molar-refractivity contribution is 0.0302. The minimum absolute atomic E-state index is 0. The van der Waals surface area contributed by atoms with Gasteiger partial charge in [0.1, 0.15) is 29.4 Å². The molecule has 2 aliphatic heterocycles. The number of nitrogens with zero attached hydrogens (tertiary/aromatic N) is 2. The smallest absolute Gasteiger partial charge is 0.414 e. The van der Waals surface area contributed by atoms with Crippen LogP contribution < -0.4 is 24.3 Å². The first-order valence-electron chi connectivity index (χ1n) is 15.4. The summed E-state index contributed by atoms with van der Waals surface area (Å²) < 4.78 is 28.5. The van der Waals surface area contributed by atoms with E-state index in [1.165, 1.54) is 0 Å². The molecule has 46 heavy (non-hydrogen) atoms. The highest BCUT2D eigenvalue weighted by atomic mass is 35.5. The summed E-state index contributed by atoms with van der Waals surface area (Å²) in [6, 6.07) is 11.2. The van der Waals surface area contributed by atoms with Crippen molar-refractivity contribution in [1.29, 1.82) is 0 Å². The predicted octanol–water partition coefficient (Wildman–Crippen LogP) is 5.61. The van der Waals surface area contributed by atoms with Crippen LogP contribution in [-0.4, -0.2) is 91.6 Å². The summed E-state index contributed by atoms with van der Waals surface area (Å²) in [7, 11) is 3.21. The summed E-state index contributed by atoms with van der Waals surface area (Å²) in [5.41, 5.74) is 2.30. The summed E-state index contributed by atoms with van der Waals surface area (Å²) in [5, 5.41) is 14.6. The molecule has 0 aliphatic carbocycles. The molecule has 2 aromatic carbocycles. The standard InChI is InChI=1S/C33H42N4O7.2ClH/c1-21-18-37(12-9-27(21)38)14-13-36-10-7-23(8-11-36)34-33(39)44-31-17-25-26(35-31)5-4-6-28(25)42-19-22-20-43-30-16-24(40-2)15-29(41-3)32(22)30;;/h4-6,15-17,20-21,23,27,35,38H,7-14,18-19H2,1-3H3,(H,34,39);2*1H/t21-,27-;;/m0../s1. The van der Waals surface area contributed by atoms with Gasteiger partial charge < -0.3 is 48.6 Å². The van der Waals surface area contributed by atoms with E-state index in [1.54, 1.807) is 26.5 Å². The second-order valence-corrected chi connectivity index (χ2v) is 11.9. The maximum atomic E-state index is 12.8. The third-order valence-electron chi connectivity index (χ3n) is 8.92. The zero-order valence-corrected chi connectivity index (χ0v) is 28.1. The van der Waals surface area contributed by atoms with Gasteiger partial charge in [0.25, 0.3) is 0 Å². The van der Waals surface area contributed by atoms with Gasteiger partial charge in [-0.05, 0) is 37.3 Å². The van der Waals surface area contributed by atoms with Gasteiger partial charge in [0, 0.05) is 74.5 Å². The van der Waals surface area contributed by atoms with Crippen LogP contribution in [0.2, 0.25) is 0 Å². The maximum absolute atomic E-state index is 12.8. The summed E-state index contributed by atoms with van der Waals surface area (Å²) >= 11 is 0. The van der Waals surface area contributed by atoms with Gasteiger partial charge in [-0.15, -0.1) is 24.8 Å². The second-order valence-electron chi connectivity index (χ2n) is 11.9. The number of methoxy groups -OCH3 is 2. The SMILES string of the molecule is COc1cc(OC)c2c(COc3cccc4[nH]c(OC(=O)NC5CCN(CCN6CC[C@H](O)[C@@H](C)C6)CC5)cc34)coc2c1.Cl.Cl. The Morgan fingerprint density at radius 3 is 2.52 bits per heavy atom. The molecule has 0 unspecified atom stereocenters. The molecule has 252 valence electrons. The fourth-order valence-electron chi connectivity index (χ4n) is 6.29. The van der Waals surface area contributed by atoms with Crippen molar-refractivity contribution in [3.05, 3.63) is 48.2 Å². The molecule has 1 amide bonds. The number of furan rings is 1. The van der Waals surface area contributed by atoms with E-state index in [0.29, 0.717) is 34.6 Å². The van der Waals surface area contributed by atoms with Crippen LogP contribution in [0.5, 0.6) is 23.1 Å². The molecule has 2 atom stereocenters. The molecule has 11 nitrogen and oxygen atoms in total. The van der Waals surface area contributed by atoms with Crippen LogP contribution in [0.25, 0.3) is 21.9 Å². The monoisotopic (exact) mass is 678 g/mol. The molecule has 4 heterocycles. The van der Waals surface area contributed by atoms with Crippen molar-refractivity contribution < 1.29 is 33.3 Å². The lowest BCUT2D eigenvalue weighted by Crippen LogP contribution is -2.48. The number of aliphatic hydroxyl groups is 1. The van der Waals surface area contributed by atoms with Crippen LogP contribution in [0.4, 0.5) is 4.79 Å². The molecule has 2 fully saturated rings. The predicted molar refractivity (Wildman–Crippen MR) is 181 cm³/mol. The van der Waals surface area contributed by atoms with E-state index in [-0.39, 0.29) is 43.6 Å². The van der Waals surface area contributed by atoms with Crippen LogP contribution in [0.1, 0.15) is 31.7 Å². The first kappa shape index (κ1) is 35.5. The van der Waals surface area contributed by atoms with Gasteiger partial charge in [-0.2, -0.15) is 0 Å². The molecule has 0 spiro atoms. The Hall–Kier alpha value is -3.35. The maximum Gasteiger partial charge on any atom is 0.414 e. The number of hydrogen-bond donors (Lipinski definition) is 3. The van der Waals surface area contributed by atoms with Gasteiger partial charge in [-0.25, -0.2) is 4.79 Å². The quantitative estimate of drug-likeness (QED) is 0.197. The minimum atomic E-state index is -0.467. The Labute approximate surface area is 281 Å². The molecule has 2 aromatic heterocycles. The van der Waals surface area contributed by atoms with Crippen LogP contribution in [0, 0.1) is 5.92 Å². The number of carbonyl (C=O) groups excluding carboxylic acids is 1. The average molecular weight is 680 g/mol. The second kappa shape index (κ2) is 16.0. The number of H-pyrrole nitrogens is 1. The number of fused-ring (bicyclic) bond motifs is 2. The van der Waals surface area contributed by atoms with Gasteiger partial charge in [0.05, 0.1) is 37.5 Å². The van der Waals surface area contributed by atoms with E-state index in [2.05, 4.69) is 27.0 Å². The van der Waals surface area contributed by atoms with Crippen LogP contribution in [0.15, 0.2) is 47.1 Å². The minimum Gasteiger partial charge on any atom is -0.496 e. The zero-order chi connectivity index (χ0) is 30.6. The number of aliphatic hydroxyl groups excluding tert-OH is 1.